The maximum absolute atomic E-state index is 12.4. The molecule has 4 rings (SSSR count). The normalized spacial score (nSPS) is 17.0. The molecule has 0 aliphatic carbocycles. The number of nitrogens with one attached hydrogen (secondary N) is 2. The number of hydrogen-bond acceptors (Lipinski definition) is 4. The van der Waals surface area contributed by atoms with Crippen LogP contribution >= 0.6 is 0 Å². The zero-order valence-electron chi connectivity index (χ0n) is 12.9. The average molecular weight is 341 g/mol. The van der Waals surface area contributed by atoms with Crippen LogP contribution in [0, 0.1) is 0 Å². The molecule has 1 atom stereocenters. The molecule has 2 N–H and O–H groups in total. The number of fused-ring (bicyclic) bond motifs is 2. The van der Waals surface area contributed by atoms with Gasteiger partial charge in [0.05, 0.1) is 21.7 Å². The van der Waals surface area contributed by atoms with Crippen molar-refractivity contribution < 1.29 is 13.2 Å². The molecule has 3 aromatic rings. The lowest BCUT2D eigenvalue weighted by molar-refractivity contribution is -0.116. The van der Waals surface area contributed by atoms with E-state index in [0.717, 1.165) is 11.0 Å². The van der Waals surface area contributed by atoms with E-state index in [4.69, 9.17) is 0 Å². The Morgan fingerprint density at radius 3 is 2.71 bits per heavy atom. The van der Waals surface area contributed by atoms with Gasteiger partial charge in [0.25, 0.3) is 0 Å². The summed E-state index contributed by atoms with van der Waals surface area (Å²) in [6, 6.07) is 12.3. The number of H-pyrrole nitrogens is 1. The Hall–Kier alpha value is -2.67. The van der Waals surface area contributed by atoms with Gasteiger partial charge in [0.1, 0.15) is 11.7 Å². The summed E-state index contributed by atoms with van der Waals surface area (Å²) >= 11 is 0. The number of para-hydroxylation sites is 2. The molecule has 0 spiro atoms. The van der Waals surface area contributed by atoms with Crippen LogP contribution in [0.15, 0.2) is 47.4 Å². The van der Waals surface area contributed by atoms with Gasteiger partial charge in [0, 0.05) is 5.69 Å². The van der Waals surface area contributed by atoms with Gasteiger partial charge in [-0.2, -0.15) is 0 Å². The van der Waals surface area contributed by atoms with Crippen molar-refractivity contribution in [2.45, 2.75) is 17.7 Å². The third kappa shape index (κ3) is 2.20. The summed E-state index contributed by atoms with van der Waals surface area (Å²) < 4.78 is 24.3. The second-order valence-electron chi connectivity index (χ2n) is 5.71. The van der Waals surface area contributed by atoms with Crippen LogP contribution in [-0.4, -0.2) is 30.0 Å². The van der Waals surface area contributed by atoms with Gasteiger partial charge < -0.3 is 10.3 Å². The third-order valence-electron chi connectivity index (χ3n) is 4.27. The van der Waals surface area contributed by atoms with Gasteiger partial charge in [-0.15, -0.1) is 0 Å². The van der Waals surface area contributed by atoms with E-state index in [1.54, 1.807) is 19.1 Å². The summed E-state index contributed by atoms with van der Waals surface area (Å²) in [5.41, 5.74) is 2.87. The van der Waals surface area contributed by atoms with Gasteiger partial charge in [-0.25, -0.2) is 13.4 Å². The lowest BCUT2D eigenvalue weighted by Crippen LogP contribution is -2.14. The molecule has 1 aliphatic rings. The van der Waals surface area contributed by atoms with E-state index in [1.807, 2.05) is 24.3 Å². The Bertz CT molecular complexity index is 1040. The molecule has 0 saturated heterocycles. The maximum atomic E-state index is 12.4. The molecule has 122 valence electrons. The molecule has 24 heavy (non-hydrogen) atoms. The van der Waals surface area contributed by atoms with Gasteiger partial charge in [0.2, 0.25) is 5.91 Å². The van der Waals surface area contributed by atoms with Gasteiger partial charge in [0.15, 0.2) is 9.84 Å². The number of sulfone groups is 1. The Labute approximate surface area is 138 Å². The fourth-order valence-corrected chi connectivity index (χ4v) is 3.90. The monoisotopic (exact) mass is 341 g/mol. The molecule has 0 fully saturated rings. The minimum atomic E-state index is -3.34. The van der Waals surface area contributed by atoms with Gasteiger partial charge in [-0.05, 0) is 35.9 Å². The number of benzene rings is 2. The predicted octanol–water partition coefficient (Wildman–Crippen LogP) is 2.44. The Morgan fingerprint density at radius 1 is 1.17 bits per heavy atom. The molecule has 1 aromatic heterocycles. The van der Waals surface area contributed by atoms with E-state index in [2.05, 4.69) is 15.3 Å². The molecule has 1 aliphatic heterocycles. The summed E-state index contributed by atoms with van der Waals surface area (Å²) in [6.45, 7) is 1.60. The van der Waals surface area contributed by atoms with Crippen LogP contribution in [0.25, 0.3) is 11.0 Å². The number of aromatic amines is 1. The van der Waals surface area contributed by atoms with Crippen molar-refractivity contribution in [3.63, 3.8) is 0 Å². The van der Waals surface area contributed by atoms with Crippen LogP contribution < -0.4 is 5.32 Å². The first kappa shape index (κ1) is 14.9. The minimum absolute atomic E-state index is 0.0163. The van der Waals surface area contributed by atoms with E-state index in [-0.39, 0.29) is 16.6 Å². The number of rotatable bonds is 3. The molecule has 1 unspecified atom stereocenters. The molecular formula is C17H15N3O3S. The van der Waals surface area contributed by atoms with Crippen molar-refractivity contribution in [1.29, 1.82) is 0 Å². The van der Waals surface area contributed by atoms with Crippen molar-refractivity contribution in [3.05, 3.63) is 53.9 Å². The molecule has 7 heteroatoms. The summed E-state index contributed by atoms with van der Waals surface area (Å²) in [4.78, 5) is 20.3. The Balaban J connectivity index is 1.87. The standard InChI is InChI=1S/C17H15N3O3S/c1-2-24(22,23)10-7-8-12-11(9-10)15(17(21)20-12)16-18-13-5-3-4-6-14(13)19-16/h3-9,15H,2H2,1H3,(H,18,19)(H,20,21). The highest BCUT2D eigenvalue weighted by Gasteiger charge is 2.35. The summed E-state index contributed by atoms with van der Waals surface area (Å²) in [7, 11) is -3.34. The maximum Gasteiger partial charge on any atom is 0.239 e. The molecule has 0 radical (unpaired) electrons. The highest BCUT2D eigenvalue weighted by molar-refractivity contribution is 7.91. The highest BCUT2D eigenvalue weighted by atomic mass is 32.2. The zero-order valence-corrected chi connectivity index (χ0v) is 13.7. The molecule has 6 nitrogen and oxygen atoms in total. The quantitative estimate of drug-likeness (QED) is 0.765. The third-order valence-corrected chi connectivity index (χ3v) is 6.01. The fourth-order valence-electron chi connectivity index (χ4n) is 2.98. The first-order valence-corrected chi connectivity index (χ1v) is 9.27. The van der Waals surface area contributed by atoms with E-state index in [9.17, 15) is 13.2 Å². The topological polar surface area (TPSA) is 91.9 Å². The Kier molecular flexibility index (Phi) is 3.21. The fraction of sp³-hybridized carbons (Fsp3) is 0.176. The molecule has 1 amide bonds. The van der Waals surface area contributed by atoms with Gasteiger partial charge in [-0.1, -0.05) is 19.1 Å². The lowest BCUT2D eigenvalue weighted by atomic mass is 10.0. The summed E-state index contributed by atoms with van der Waals surface area (Å²) in [5, 5.41) is 2.79. The van der Waals surface area contributed by atoms with Crippen LogP contribution in [-0.2, 0) is 14.6 Å². The number of aromatic nitrogens is 2. The van der Waals surface area contributed by atoms with Crippen molar-refractivity contribution >= 4 is 32.5 Å². The minimum Gasteiger partial charge on any atom is -0.341 e. The van der Waals surface area contributed by atoms with Crippen LogP contribution in [0.2, 0.25) is 0 Å². The predicted molar refractivity (Wildman–Crippen MR) is 90.7 cm³/mol. The van der Waals surface area contributed by atoms with E-state index >= 15 is 0 Å². The number of hydrogen-bond donors (Lipinski definition) is 2. The molecule has 2 heterocycles. The second-order valence-corrected chi connectivity index (χ2v) is 7.99. The summed E-state index contributed by atoms with van der Waals surface area (Å²) in [6.07, 6.45) is 0. The van der Waals surface area contributed by atoms with Crippen LogP contribution in [0.3, 0.4) is 0 Å². The average Bonchev–Trinajstić information content (AvgIpc) is 3.13. The molecule has 0 bridgehead atoms. The first-order valence-electron chi connectivity index (χ1n) is 7.62. The number of carbonyl (C=O) groups is 1. The van der Waals surface area contributed by atoms with E-state index in [0.29, 0.717) is 17.1 Å². The van der Waals surface area contributed by atoms with Crippen LogP contribution in [0.1, 0.15) is 24.2 Å². The lowest BCUT2D eigenvalue weighted by Gasteiger charge is -2.08. The molecule has 2 aromatic carbocycles. The van der Waals surface area contributed by atoms with Gasteiger partial charge >= 0.3 is 0 Å². The number of amides is 1. The highest BCUT2D eigenvalue weighted by Crippen LogP contribution is 2.38. The van der Waals surface area contributed by atoms with Crippen molar-refractivity contribution in [1.82, 2.24) is 9.97 Å². The zero-order chi connectivity index (χ0) is 16.9. The van der Waals surface area contributed by atoms with Crippen LogP contribution in [0.5, 0.6) is 0 Å². The van der Waals surface area contributed by atoms with Gasteiger partial charge in [-0.3, -0.25) is 4.79 Å². The van der Waals surface area contributed by atoms with Crippen molar-refractivity contribution in [3.8, 4) is 0 Å². The number of carbonyl (C=O) groups excluding carboxylic acids is 1. The summed E-state index contributed by atoms with van der Waals surface area (Å²) in [5.74, 6) is -0.323. The number of imidazole rings is 1. The number of nitrogens with zero attached hydrogens (tertiary/aromatic N) is 1. The second kappa shape index (κ2) is 5.17. The smallest absolute Gasteiger partial charge is 0.239 e. The Morgan fingerprint density at radius 2 is 1.96 bits per heavy atom. The first-order chi connectivity index (χ1) is 11.5. The molecule has 0 saturated carbocycles. The number of anilines is 1. The van der Waals surface area contributed by atoms with E-state index in [1.165, 1.54) is 6.07 Å². The van der Waals surface area contributed by atoms with Crippen molar-refractivity contribution in [2.24, 2.45) is 0 Å². The van der Waals surface area contributed by atoms with Crippen LogP contribution in [0.4, 0.5) is 5.69 Å². The molecular weight excluding hydrogens is 326 g/mol. The SMILES string of the molecule is CCS(=O)(=O)c1ccc2c(c1)C(c1nc3ccccc3[nH]1)C(=O)N2. The van der Waals surface area contributed by atoms with E-state index < -0.39 is 15.8 Å². The van der Waals surface area contributed by atoms with Crippen molar-refractivity contribution in [2.75, 3.05) is 11.1 Å². The largest absolute Gasteiger partial charge is 0.341 e.